The van der Waals surface area contributed by atoms with Gasteiger partial charge in [-0.1, -0.05) is 20.8 Å². The van der Waals surface area contributed by atoms with Crippen LogP contribution >= 0.6 is 0 Å². The molecule has 1 aliphatic heterocycles. The zero-order valence-corrected chi connectivity index (χ0v) is 14.2. The lowest BCUT2D eigenvalue weighted by Gasteiger charge is -2.62. The number of carbonyl (C=O) groups is 2. The molecule has 1 heterocycles. The first-order chi connectivity index (χ1) is 10.8. The summed E-state index contributed by atoms with van der Waals surface area (Å²) in [5.41, 5.74) is -0.291. The molecule has 4 fully saturated rings. The summed E-state index contributed by atoms with van der Waals surface area (Å²) < 4.78 is 12.0. The van der Waals surface area contributed by atoms with E-state index in [0.29, 0.717) is 42.4 Å². The first-order valence-corrected chi connectivity index (χ1v) is 8.91. The average molecular weight is 318 g/mol. The van der Waals surface area contributed by atoms with Gasteiger partial charge in [0.05, 0.1) is 6.10 Å². The molecule has 1 spiro atoms. The minimum absolute atomic E-state index is 0.173. The van der Waals surface area contributed by atoms with Gasteiger partial charge >= 0.3 is 5.97 Å². The number of hydrogen-bond donors (Lipinski definition) is 0. The van der Waals surface area contributed by atoms with E-state index in [1.807, 2.05) is 6.08 Å². The van der Waals surface area contributed by atoms with Gasteiger partial charge in [-0.25, -0.2) is 4.79 Å². The van der Waals surface area contributed by atoms with Crippen molar-refractivity contribution in [3.63, 3.8) is 0 Å². The number of fused-ring (bicyclic) bond motifs is 2. The zero-order chi connectivity index (χ0) is 16.4. The van der Waals surface area contributed by atoms with Gasteiger partial charge in [0, 0.05) is 25.3 Å². The van der Waals surface area contributed by atoms with E-state index in [2.05, 4.69) is 20.8 Å². The molecule has 23 heavy (non-hydrogen) atoms. The Balaban J connectivity index is 1.52. The maximum Gasteiger partial charge on any atom is 0.331 e. The van der Waals surface area contributed by atoms with Gasteiger partial charge in [-0.3, -0.25) is 4.79 Å². The lowest BCUT2D eigenvalue weighted by molar-refractivity contribution is -0.216. The third-order valence-corrected chi connectivity index (χ3v) is 7.17. The summed E-state index contributed by atoms with van der Waals surface area (Å²) >= 11 is 0. The molecule has 2 bridgehead atoms. The van der Waals surface area contributed by atoms with E-state index in [9.17, 15) is 9.59 Å². The van der Waals surface area contributed by atoms with Crippen LogP contribution < -0.4 is 0 Å². The minimum Gasteiger partial charge on any atom is -0.449 e. The number of Topliss-reactive ketones (excluding diaryl/α,β-unsaturated/α-hetero) is 1. The molecular formula is C19H26O4. The van der Waals surface area contributed by atoms with Crippen molar-refractivity contribution >= 4 is 11.8 Å². The summed E-state index contributed by atoms with van der Waals surface area (Å²) in [4.78, 5) is 23.5. The summed E-state index contributed by atoms with van der Waals surface area (Å²) in [5, 5.41) is 0. The van der Waals surface area contributed by atoms with Gasteiger partial charge in [0.1, 0.15) is 11.9 Å². The molecule has 4 saturated carbocycles. The van der Waals surface area contributed by atoms with Crippen molar-refractivity contribution in [3.05, 3.63) is 12.2 Å². The van der Waals surface area contributed by atoms with Crippen molar-refractivity contribution in [2.45, 2.75) is 70.7 Å². The molecule has 0 aromatic rings. The standard InChI is InChI=1S/C19H26O4/c1-11-14-8-12(18(14,2)3)9-15(11)22-16-10-13(20)4-6-19(16)7-5-17(21)23-19/h5,7,11-12,14-16H,4,6,8-10H2,1-3H3/t11-,12+,14-,15-,16+,19-/m0/s1. The van der Waals surface area contributed by atoms with Crippen LogP contribution in [-0.4, -0.2) is 29.6 Å². The Bertz CT molecular complexity index is 578. The number of hydrogen-bond acceptors (Lipinski definition) is 4. The van der Waals surface area contributed by atoms with Crippen molar-refractivity contribution in [2.75, 3.05) is 0 Å². The second-order valence-corrected chi connectivity index (χ2v) is 8.57. The predicted molar refractivity (Wildman–Crippen MR) is 84.6 cm³/mol. The van der Waals surface area contributed by atoms with E-state index < -0.39 is 5.60 Å². The fraction of sp³-hybridized carbons (Fsp3) is 0.789. The molecule has 0 aromatic carbocycles. The molecule has 0 N–H and O–H groups in total. The van der Waals surface area contributed by atoms with Crippen molar-refractivity contribution in [2.24, 2.45) is 23.2 Å². The quantitative estimate of drug-likeness (QED) is 0.734. The molecule has 0 unspecified atom stereocenters. The second-order valence-electron chi connectivity index (χ2n) is 8.57. The smallest absolute Gasteiger partial charge is 0.331 e. The zero-order valence-electron chi connectivity index (χ0n) is 14.2. The van der Waals surface area contributed by atoms with E-state index in [1.165, 1.54) is 12.5 Å². The molecule has 0 radical (unpaired) electrons. The van der Waals surface area contributed by atoms with Crippen LogP contribution in [0.5, 0.6) is 0 Å². The van der Waals surface area contributed by atoms with Crippen LogP contribution in [-0.2, 0) is 19.1 Å². The van der Waals surface area contributed by atoms with Crippen molar-refractivity contribution in [1.29, 1.82) is 0 Å². The third kappa shape index (κ3) is 2.21. The summed E-state index contributed by atoms with van der Waals surface area (Å²) in [6.07, 6.45) is 6.91. The molecule has 0 aromatic heterocycles. The Labute approximate surface area is 137 Å². The Morgan fingerprint density at radius 2 is 2.04 bits per heavy atom. The number of ketones is 1. The largest absolute Gasteiger partial charge is 0.449 e. The first-order valence-electron chi connectivity index (χ1n) is 8.91. The SMILES string of the molecule is C[C@@H]1[C@@H](O[C@@H]2CC(=O)CC[C@]23C=CC(=O)O3)C[C@H]2C[C@@H]1C2(C)C. The topological polar surface area (TPSA) is 52.6 Å². The molecule has 0 amide bonds. The van der Waals surface area contributed by atoms with Crippen LogP contribution in [0.2, 0.25) is 0 Å². The molecule has 4 heteroatoms. The molecule has 4 aliphatic carbocycles. The van der Waals surface area contributed by atoms with E-state index >= 15 is 0 Å². The summed E-state index contributed by atoms with van der Waals surface area (Å²) in [6, 6.07) is 0. The van der Waals surface area contributed by atoms with Crippen LogP contribution in [0.15, 0.2) is 12.2 Å². The number of esters is 1. The highest BCUT2D eigenvalue weighted by molar-refractivity contribution is 5.87. The van der Waals surface area contributed by atoms with Crippen LogP contribution in [0.4, 0.5) is 0 Å². The van der Waals surface area contributed by atoms with Gasteiger partial charge in [-0.15, -0.1) is 0 Å². The van der Waals surface area contributed by atoms with Gasteiger partial charge < -0.3 is 9.47 Å². The maximum absolute atomic E-state index is 11.9. The van der Waals surface area contributed by atoms with E-state index in [4.69, 9.17) is 9.47 Å². The number of ether oxygens (including phenoxy) is 2. The molecule has 0 saturated heterocycles. The molecule has 4 nitrogen and oxygen atoms in total. The van der Waals surface area contributed by atoms with Crippen molar-refractivity contribution in [1.82, 2.24) is 0 Å². The molecular weight excluding hydrogens is 292 g/mol. The predicted octanol–water partition coefficient (Wildman–Crippen LogP) is 3.05. The van der Waals surface area contributed by atoms with Crippen molar-refractivity contribution < 1.29 is 19.1 Å². The Morgan fingerprint density at radius 1 is 1.26 bits per heavy atom. The van der Waals surface area contributed by atoms with E-state index in [0.717, 1.165) is 6.42 Å². The summed E-state index contributed by atoms with van der Waals surface area (Å²) in [7, 11) is 0. The van der Waals surface area contributed by atoms with E-state index in [-0.39, 0.29) is 24.0 Å². The average Bonchev–Trinajstić information content (AvgIpc) is 2.87. The van der Waals surface area contributed by atoms with Gasteiger partial charge in [0.15, 0.2) is 5.60 Å². The van der Waals surface area contributed by atoms with Gasteiger partial charge in [0.25, 0.3) is 0 Å². The summed E-state index contributed by atoms with van der Waals surface area (Å²) in [6.45, 7) is 7.01. The fourth-order valence-electron chi connectivity index (χ4n) is 5.41. The first kappa shape index (κ1) is 15.4. The molecule has 5 rings (SSSR count). The van der Waals surface area contributed by atoms with Gasteiger partial charge in [0.2, 0.25) is 0 Å². The highest BCUT2D eigenvalue weighted by Crippen LogP contribution is 2.62. The molecule has 126 valence electrons. The lowest BCUT2D eigenvalue weighted by atomic mass is 9.45. The third-order valence-electron chi connectivity index (χ3n) is 7.17. The lowest BCUT2D eigenvalue weighted by Crippen LogP contribution is -2.59. The number of rotatable bonds is 2. The van der Waals surface area contributed by atoms with Gasteiger partial charge in [-0.2, -0.15) is 0 Å². The Hall–Kier alpha value is -1.16. The molecule has 6 atom stereocenters. The molecule has 5 aliphatic rings. The van der Waals surface area contributed by atoms with Crippen LogP contribution in [0, 0.1) is 23.2 Å². The van der Waals surface area contributed by atoms with Crippen molar-refractivity contribution in [3.8, 4) is 0 Å². The normalized spacial score (nSPS) is 47.5. The highest BCUT2D eigenvalue weighted by Gasteiger charge is 2.58. The van der Waals surface area contributed by atoms with Crippen LogP contribution in [0.3, 0.4) is 0 Å². The number of carbonyl (C=O) groups excluding carboxylic acids is 2. The van der Waals surface area contributed by atoms with Crippen LogP contribution in [0.25, 0.3) is 0 Å². The Morgan fingerprint density at radius 3 is 2.65 bits per heavy atom. The van der Waals surface area contributed by atoms with Crippen LogP contribution in [0.1, 0.15) is 52.9 Å². The second kappa shape index (κ2) is 4.92. The fourth-order valence-corrected chi connectivity index (χ4v) is 5.41. The minimum atomic E-state index is -0.706. The Kier molecular flexibility index (Phi) is 3.29. The highest BCUT2D eigenvalue weighted by atomic mass is 16.6. The maximum atomic E-state index is 11.9. The van der Waals surface area contributed by atoms with E-state index in [1.54, 1.807) is 0 Å². The monoisotopic (exact) mass is 318 g/mol. The van der Waals surface area contributed by atoms with Gasteiger partial charge in [-0.05, 0) is 42.1 Å². The summed E-state index contributed by atoms with van der Waals surface area (Å²) in [5.74, 6) is 1.80.